The molecule has 0 atom stereocenters. The first-order chi connectivity index (χ1) is 28.5. The number of hydrogen-bond donors (Lipinski definition) is 0. The number of aromatic nitrogens is 4. The summed E-state index contributed by atoms with van der Waals surface area (Å²) in [6.45, 7) is 4.76. The third kappa shape index (κ3) is 5.15. The molecule has 1 spiro atoms. The van der Waals surface area contributed by atoms with E-state index < -0.39 is 5.41 Å². The molecular formula is C54H38N4. The monoisotopic (exact) mass is 742 g/mol. The van der Waals surface area contributed by atoms with Crippen molar-refractivity contribution in [3.8, 4) is 67.7 Å². The third-order valence-electron chi connectivity index (χ3n) is 12.3. The molecule has 2 heterocycles. The van der Waals surface area contributed by atoms with E-state index in [4.69, 9.17) is 15.0 Å². The summed E-state index contributed by atoms with van der Waals surface area (Å²) < 4.78 is 0. The van der Waals surface area contributed by atoms with Gasteiger partial charge in [0.25, 0.3) is 0 Å². The van der Waals surface area contributed by atoms with Gasteiger partial charge in [-0.25, -0.2) is 15.0 Å². The molecule has 0 unspecified atom stereocenters. The maximum absolute atomic E-state index is 5.07. The van der Waals surface area contributed by atoms with Gasteiger partial charge in [-0.15, -0.1) is 0 Å². The molecule has 4 nitrogen and oxygen atoms in total. The Kier molecular flexibility index (Phi) is 7.70. The van der Waals surface area contributed by atoms with Crippen LogP contribution in [0.15, 0.2) is 194 Å². The quantitative estimate of drug-likeness (QED) is 0.176. The molecule has 58 heavy (non-hydrogen) atoms. The molecular weight excluding hydrogens is 705 g/mol. The smallest absolute Gasteiger partial charge is 0.164 e. The molecule has 9 aromatic rings. The van der Waals surface area contributed by atoms with Gasteiger partial charge in [0.05, 0.1) is 11.1 Å². The summed E-state index contributed by atoms with van der Waals surface area (Å²) in [7, 11) is 0. The Morgan fingerprint density at radius 1 is 0.328 bits per heavy atom. The van der Waals surface area contributed by atoms with Crippen LogP contribution in [0, 0.1) is 0 Å². The topological polar surface area (TPSA) is 51.6 Å². The second-order valence-corrected chi connectivity index (χ2v) is 15.8. The van der Waals surface area contributed by atoms with Gasteiger partial charge in [-0.1, -0.05) is 178 Å². The van der Waals surface area contributed by atoms with Gasteiger partial charge in [-0.3, -0.25) is 4.98 Å². The average Bonchev–Trinajstić information content (AvgIpc) is 3.59. The molecule has 4 heteroatoms. The van der Waals surface area contributed by atoms with E-state index in [0.29, 0.717) is 17.5 Å². The average molecular weight is 743 g/mol. The summed E-state index contributed by atoms with van der Waals surface area (Å²) >= 11 is 0. The Labute approximate surface area is 338 Å². The van der Waals surface area contributed by atoms with Crippen molar-refractivity contribution in [2.45, 2.75) is 24.7 Å². The van der Waals surface area contributed by atoms with E-state index in [9.17, 15) is 0 Å². The van der Waals surface area contributed by atoms with E-state index in [1.54, 1.807) is 0 Å². The summed E-state index contributed by atoms with van der Waals surface area (Å²) in [5, 5.41) is 0. The molecule has 274 valence electrons. The van der Waals surface area contributed by atoms with E-state index in [2.05, 4.69) is 146 Å². The van der Waals surface area contributed by atoms with Crippen molar-refractivity contribution in [1.29, 1.82) is 0 Å². The Balaban J connectivity index is 1.02. The molecule has 0 fully saturated rings. The first kappa shape index (κ1) is 34.0. The molecule has 0 bridgehead atoms. The Morgan fingerprint density at radius 3 is 1.50 bits per heavy atom. The number of benzene rings is 7. The van der Waals surface area contributed by atoms with Crippen molar-refractivity contribution in [2.75, 3.05) is 0 Å². The van der Waals surface area contributed by atoms with Crippen molar-refractivity contribution >= 4 is 0 Å². The lowest BCUT2D eigenvalue weighted by molar-refractivity contribution is 0.563. The SMILES string of the molecule is CC1(C)c2ccccc2C2(c3ccccc3-c3ccccc32)c2ccc(-c3ccc(-c4nc(-c5ccccc5)nc(-c5cccc(-c6ccccn6)c5)n4)cc3)cc21. The highest BCUT2D eigenvalue weighted by Gasteiger charge is 2.53. The van der Waals surface area contributed by atoms with Crippen molar-refractivity contribution in [3.63, 3.8) is 0 Å². The zero-order chi connectivity index (χ0) is 38.8. The number of nitrogens with zero attached hydrogens (tertiary/aromatic N) is 4. The summed E-state index contributed by atoms with van der Waals surface area (Å²) in [6.07, 6.45) is 1.81. The first-order valence-electron chi connectivity index (χ1n) is 19.9. The second-order valence-electron chi connectivity index (χ2n) is 15.8. The van der Waals surface area contributed by atoms with Gasteiger partial charge in [0.2, 0.25) is 0 Å². The van der Waals surface area contributed by atoms with Crippen LogP contribution in [0.3, 0.4) is 0 Å². The lowest BCUT2D eigenvalue weighted by Gasteiger charge is -2.46. The molecule has 0 aliphatic heterocycles. The van der Waals surface area contributed by atoms with E-state index in [0.717, 1.165) is 33.5 Å². The second kappa shape index (κ2) is 13.1. The van der Waals surface area contributed by atoms with Crippen LogP contribution in [0.5, 0.6) is 0 Å². The van der Waals surface area contributed by atoms with Gasteiger partial charge < -0.3 is 0 Å². The largest absolute Gasteiger partial charge is 0.256 e. The van der Waals surface area contributed by atoms with Crippen LogP contribution < -0.4 is 0 Å². The van der Waals surface area contributed by atoms with Gasteiger partial charge in [0.1, 0.15) is 0 Å². The van der Waals surface area contributed by atoms with Gasteiger partial charge in [0, 0.05) is 33.9 Å². The van der Waals surface area contributed by atoms with Crippen molar-refractivity contribution in [3.05, 3.63) is 228 Å². The van der Waals surface area contributed by atoms with Crippen molar-refractivity contribution < 1.29 is 0 Å². The van der Waals surface area contributed by atoms with Crippen LogP contribution in [0.2, 0.25) is 0 Å². The Morgan fingerprint density at radius 2 is 0.828 bits per heavy atom. The maximum atomic E-state index is 5.07. The number of fused-ring (bicyclic) bond motifs is 9. The van der Waals surface area contributed by atoms with Crippen LogP contribution in [-0.2, 0) is 10.8 Å². The fourth-order valence-corrected chi connectivity index (χ4v) is 9.54. The van der Waals surface area contributed by atoms with E-state index in [-0.39, 0.29) is 5.41 Å². The Hall–Kier alpha value is -7.30. The maximum Gasteiger partial charge on any atom is 0.164 e. The molecule has 2 aliphatic rings. The van der Waals surface area contributed by atoms with Gasteiger partial charge >= 0.3 is 0 Å². The highest BCUT2D eigenvalue weighted by atomic mass is 15.0. The Bertz CT molecular complexity index is 2980. The van der Waals surface area contributed by atoms with E-state index in [1.807, 2.05) is 66.9 Å². The fraction of sp³-hybridized carbons (Fsp3) is 0.0741. The standard InChI is InChI=1S/C54H38N4/c1-53(2)45-23-10-11-24-46(45)54(43-21-8-6-19-41(43)42-20-7-9-22-44(42)54)47-31-30-38(34-48(47)53)35-26-28-37(29-27-35)51-56-50(36-15-4-3-5-16-36)57-52(58-51)40-18-14-17-39(33-40)49-25-12-13-32-55-49/h3-34H,1-2H3. The molecule has 7 aromatic carbocycles. The summed E-state index contributed by atoms with van der Waals surface area (Å²) in [4.78, 5) is 19.7. The molecule has 2 aromatic heterocycles. The number of hydrogen-bond acceptors (Lipinski definition) is 4. The summed E-state index contributed by atoms with van der Waals surface area (Å²) in [5.41, 5.74) is 17.2. The predicted octanol–water partition coefficient (Wildman–Crippen LogP) is 12.6. The van der Waals surface area contributed by atoms with Gasteiger partial charge in [-0.2, -0.15) is 0 Å². The first-order valence-corrected chi connectivity index (χ1v) is 19.9. The minimum absolute atomic E-state index is 0.220. The zero-order valence-electron chi connectivity index (χ0n) is 32.3. The minimum atomic E-state index is -0.402. The minimum Gasteiger partial charge on any atom is -0.256 e. The summed E-state index contributed by atoms with van der Waals surface area (Å²) in [5.74, 6) is 1.88. The molecule has 0 N–H and O–H groups in total. The van der Waals surface area contributed by atoms with Crippen molar-refractivity contribution in [2.24, 2.45) is 0 Å². The molecule has 0 radical (unpaired) electrons. The fourth-order valence-electron chi connectivity index (χ4n) is 9.54. The van der Waals surface area contributed by atoms with Crippen LogP contribution >= 0.6 is 0 Å². The van der Waals surface area contributed by atoms with Crippen LogP contribution in [0.1, 0.15) is 47.2 Å². The normalized spacial score (nSPS) is 14.0. The molecule has 11 rings (SSSR count). The predicted molar refractivity (Wildman–Crippen MR) is 234 cm³/mol. The molecule has 2 aliphatic carbocycles. The van der Waals surface area contributed by atoms with E-state index >= 15 is 0 Å². The summed E-state index contributed by atoms with van der Waals surface area (Å²) in [6, 6.07) is 67.2. The van der Waals surface area contributed by atoms with Crippen LogP contribution in [0.4, 0.5) is 0 Å². The third-order valence-corrected chi connectivity index (χ3v) is 12.3. The number of rotatable bonds is 5. The van der Waals surface area contributed by atoms with Gasteiger partial charge in [0.15, 0.2) is 17.5 Å². The molecule has 0 amide bonds. The van der Waals surface area contributed by atoms with Gasteiger partial charge in [-0.05, 0) is 79.9 Å². The molecule has 0 saturated carbocycles. The lowest BCUT2D eigenvalue weighted by atomic mass is 9.55. The lowest BCUT2D eigenvalue weighted by Crippen LogP contribution is -2.40. The zero-order valence-corrected chi connectivity index (χ0v) is 32.3. The number of pyridine rings is 1. The van der Waals surface area contributed by atoms with Crippen LogP contribution in [0.25, 0.3) is 67.7 Å². The van der Waals surface area contributed by atoms with Crippen molar-refractivity contribution in [1.82, 2.24) is 19.9 Å². The highest BCUT2D eigenvalue weighted by Crippen LogP contribution is 2.62. The highest BCUT2D eigenvalue weighted by molar-refractivity contribution is 5.89. The van der Waals surface area contributed by atoms with E-state index in [1.165, 1.54) is 50.1 Å². The molecule has 0 saturated heterocycles. The van der Waals surface area contributed by atoms with Crippen LogP contribution in [-0.4, -0.2) is 19.9 Å².